The summed E-state index contributed by atoms with van der Waals surface area (Å²) in [5, 5.41) is 3.18. The van der Waals surface area contributed by atoms with Crippen molar-refractivity contribution < 1.29 is 9.59 Å². The first-order valence-electron chi connectivity index (χ1n) is 9.41. The molecule has 0 aliphatic carbocycles. The van der Waals surface area contributed by atoms with Crippen LogP contribution >= 0.6 is 11.3 Å². The van der Waals surface area contributed by atoms with Gasteiger partial charge in [-0.05, 0) is 54.6 Å². The monoisotopic (exact) mass is 403 g/mol. The van der Waals surface area contributed by atoms with Gasteiger partial charge in [0.1, 0.15) is 0 Å². The average molecular weight is 404 g/mol. The molecule has 0 unspecified atom stereocenters. The molecule has 2 aromatic heterocycles. The van der Waals surface area contributed by atoms with Crippen molar-refractivity contribution in [3.8, 4) is 10.6 Å². The molecule has 2 aromatic carbocycles. The molecule has 0 saturated carbocycles. The molecule has 0 aliphatic rings. The van der Waals surface area contributed by atoms with Crippen molar-refractivity contribution in [3.05, 3.63) is 82.7 Å². The van der Waals surface area contributed by atoms with Crippen LogP contribution < -0.4 is 10.9 Å². The lowest BCUT2D eigenvalue weighted by molar-refractivity contribution is -0.121. The van der Waals surface area contributed by atoms with E-state index in [2.05, 4.69) is 47.0 Å². The Bertz CT molecular complexity index is 1150. The van der Waals surface area contributed by atoms with Gasteiger partial charge >= 0.3 is 0 Å². The van der Waals surface area contributed by atoms with Gasteiger partial charge in [0.25, 0.3) is 5.91 Å². The van der Waals surface area contributed by atoms with Crippen molar-refractivity contribution >= 4 is 34.1 Å². The third-order valence-corrected chi connectivity index (χ3v) is 5.67. The molecule has 3 N–H and O–H groups in total. The van der Waals surface area contributed by atoms with Crippen LogP contribution in [-0.2, 0) is 11.2 Å². The van der Waals surface area contributed by atoms with E-state index in [-0.39, 0.29) is 18.2 Å². The number of aryl methyl sites for hydroxylation is 2. The molecule has 0 saturated heterocycles. The number of hydrazine groups is 1. The van der Waals surface area contributed by atoms with E-state index < -0.39 is 0 Å². The molecule has 146 valence electrons. The minimum Gasteiger partial charge on any atom is -0.354 e. The minimum atomic E-state index is -0.332. The highest BCUT2D eigenvalue weighted by Gasteiger charge is 2.16. The first-order chi connectivity index (χ1) is 14.1. The molecule has 6 heteroatoms. The third kappa shape index (κ3) is 4.22. The van der Waals surface area contributed by atoms with Crippen LogP contribution in [0.5, 0.6) is 0 Å². The molecular formula is C23H21N3O2S. The van der Waals surface area contributed by atoms with Crippen molar-refractivity contribution in [2.75, 3.05) is 0 Å². The standard InChI is InChI=1S/C23H21N3O2S/c1-15-9-11-19-18(14-15)17(22(24-19)20-8-5-13-29-20)10-12-21(27)25-26-23(28)16-6-3-2-4-7-16/h2-9,11,13-14,24H,10,12H2,1H3,(H,25,27)(H,26,28). The SMILES string of the molecule is Cc1ccc2[nH]c(-c3cccs3)c(CCC(=O)NNC(=O)c3ccccc3)c2c1. The van der Waals surface area contributed by atoms with Crippen molar-refractivity contribution in [1.29, 1.82) is 0 Å². The molecule has 2 heterocycles. The highest BCUT2D eigenvalue weighted by molar-refractivity contribution is 7.13. The summed E-state index contributed by atoms with van der Waals surface area (Å²) >= 11 is 1.67. The smallest absolute Gasteiger partial charge is 0.269 e. The van der Waals surface area contributed by atoms with Gasteiger partial charge in [0.05, 0.1) is 10.6 Å². The van der Waals surface area contributed by atoms with E-state index in [1.165, 1.54) is 5.56 Å². The van der Waals surface area contributed by atoms with E-state index in [0.717, 1.165) is 27.0 Å². The topological polar surface area (TPSA) is 74.0 Å². The van der Waals surface area contributed by atoms with Gasteiger partial charge in [0.2, 0.25) is 5.91 Å². The first kappa shape index (κ1) is 19.0. The summed E-state index contributed by atoms with van der Waals surface area (Å²) in [6, 6.07) is 19.2. The number of rotatable bonds is 5. The first-order valence-corrected chi connectivity index (χ1v) is 10.3. The van der Waals surface area contributed by atoms with E-state index in [1.807, 2.05) is 17.5 Å². The number of aromatic nitrogens is 1. The molecule has 0 aliphatic heterocycles. The predicted molar refractivity (Wildman–Crippen MR) is 117 cm³/mol. The Kier molecular flexibility index (Phi) is 5.44. The van der Waals surface area contributed by atoms with Gasteiger partial charge in [-0.15, -0.1) is 11.3 Å². The molecule has 2 amide bonds. The summed E-state index contributed by atoms with van der Waals surface area (Å²) in [5.74, 6) is -0.561. The Morgan fingerprint density at radius 3 is 2.59 bits per heavy atom. The third-order valence-electron chi connectivity index (χ3n) is 4.78. The Labute approximate surface area is 172 Å². The van der Waals surface area contributed by atoms with E-state index in [9.17, 15) is 9.59 Å². The van der Waals surface area contributed by atoms with Gasteiger partial charge in [0, 0.05) is 22.9 Å². The lowest BCUT2D eigenvalue weighted by atomic mass is 10.0. The van der Waals surface area contributed by atoms with Crippen molar-refractivity contribution in [2.24, 2.45) is 0 Å². The quantitative estimate of drug-likeness (QED) is 0.426. The van der Waals surface area contributed by atoms with E-state index in [4.69, 9.17) is 0 Å². The molecule has 29 heavy (non-hydrogen) atoms. The van der Waals surface area contributed by atoms with E-state index in [0.29, 0.717) is 12.0 Å². The van der Waals surface area contributed by atoms with Crippen molar-refractivity contribution in [2.45, 2.75) is 19.8 Å². The van der Waals surface area contributed by atoms with Crippen molar-refractivity contribution in [3.63, 3.8) is 0 Å². The van der Waals surface area contributed by atoms with Gasteiger partial charge < -0.3 is 4.98 Å². The van der Waals surface area contributed by atoms with Crippen LogP contribution in [0.25, 0.3) is 21.5 Å². The van der Waals surface area contributed by atoms with E-state index >= 15 is 0 Å². The molecule has 4 aromatic rings. The largest absolute Gasteiger partial charge is 0.354 e. The number of hydrogen-bond acceptors (Lipinski definition) is 3. The summed E-state index contributed by atoms with van der Waals surface area (Å²) in [5.41, 5.74) is 9.90. The number of aromatic amines is 1. The maximum Gasteiger partial charge on any atom is 0.269 e. The zero-order chi connectivity index (χ0) is 20.2. The number of hydrogen-bond donors (Lipinski definition) is 3. The highest BCUT2D eigenvalue weighted by Crippen LogP contribution is 2.34. The zero-order valence-electron chi connectivity index (χ0n) is 16.0. The molecule has 5 nitrogen and oxygen atoms in total. The zero-order valence-corrected chi connectivity index (χ0v) is 16.8. The maximum absolute atomic E-state index is 12.3. The number of nitrogens with one attached hydrogen (secondary N) is 3. The second-order valence-electron chi connectivity index (χ2n) is 6.87. The second-order valence-corrected chi connectivity index (χ2v) is 7.82. The fourth-order valence-electron chi connectivity index (χ4n) is 3.34. The fourth-order valence-corrected chi connectivity index (χ4v) is 4.09. The van der Waals surface area contributed by atoms with Crippen LogP contribution in [0.15, 0.2) is 66.0 Å². The van der Waals surface area contributed by atoms with Gasteiger partial charge in [-0.25, -0.2) is 0 Å². The Balaban J connectivity index is 1.47. The lowest BCUT2D eigenvalue weighted by Crippen LogP contribution is -2.41. The molecule has 0 bridgehead atoms. The number of benzene rings is 2. The number of thiophene rings is 1. The summed E-state index contributed by atoms with van der Waals surface area (Å²) in [7, 11) is 0. The van der Waals surface area contributed by atoms with Crippen LogP contribution in [0, 0.1) is 6.92 Å². The number of H-pyrrole nitrogens is 1. The van der Waals surface area contributed by atoms with E-state index in [1.54, 1.807) is 35.6 Å². The minimum absolute atomic E-state index is 0.228. The molecular weight excluding hydrogens is 382 g/mol. The van der Waals surface area contributed by atoms with Gasteiger partial charge in [0.15, 0.2) is 0 Å². The van der Waals surface area contributed by atoms with Gasteiger partial charge in [-0.1, -0.05) is 35.9 Å². The molecule has 0 fully saturated rings. The van der Waals surface area contributed by atoms with Crippen LogP contribution in [0.1, 0.15) is 27.9 Å². The Morgan fingerprint density at radius 1 is 1.00 bits per heavy atom. The second kappa shape index (κ2) is 8.32. The van der Waals surface area contributed by atoms with Crippen LogP contribution in [0.4, 0.5) is 0 Å². The molecule has 0 spiro atoms. The number of amides is 2. The maximum atomic E-state index is 12.3. The lowest BCUT2D eigenvalue weighted by Gasteiger charge is -2.08. The van der Waals surface area contributed by atoms with Gasteiger partial charge in [-0.2, -0.15) is 0 Å². The summed E-state index contributed by atoms with van der Waals surface area (Å²) in [6.07, 6.45) is 0.845. The average Bonchev–Trinajstić information content (AvgIpc) is 3.38. The summed E-state index contributed by atoms with van der Waals surface area (Å²) in [4.78, 5) is 29.1. The predicted octanol–water partition coefficient (Wildman–Crippen LogP) is 4.60. The summed E-state index contributed by atoms with van der Waals surface area (Å²) < 4.78 is 0. The van der Waals surface area contributed by atoms with Crippen molar-refractivity contribution in [1.82, 2.24) is 15.8 Å². The number of carbonyl (C=O) groups excluding carboxylic acids is 2. The molecule has 0 radical (unpaired) electrons. The van der Waals surface area contributed by atoms with Crippen LogP contribution in [0.3, 0.4) is 0 Å². The van der Waals surface area contributed by atoms with Crippen LogP contribution in [-0.4, -0.2) is 16.8 Å². The number of fused-ring (bicyclic) bond motifs is 1. The molecule has 0 atom stereocenters. The van der Waals surface area contributed by atoms with Crippen LogP contribution in [0.2, 0.25) is 0 Å². The fraction of sp³-hybridized carbons (Fsp3) is 0.130. The number of carbonyl (C=O) groups is 2. The van der Waals surface area contributed by atoms with Gasteiger partial charge in [-0.3, -0.25) is 20.4 Å². The normalized spacial score (nSPS) is 10.8. The Hall–Kier alpha value is -3.38. The molecule has 4 rings (SSSR count). The summed E-state index contributed by atoms with van der Waals surface area (Å²) in [6.45, 7) is 2.06. The Morgan fingerprint density at radius 2 is 1.83 bits per heavy atom. The highest BCUT2D eigenvalue weighted by atomic mass is 32.1.